The Kier molecular flexibility index (Phi) is 12.2. The summed E-state index contributed by atoms with van der Waals surface area (Å²) in [6.07, 6.45) is 4.38. The number of rotatable bonds is 9. The van der Waals surface area contributed by atoms with Crippen molar-refractivity contribution in [2.45, 2.75) is 52.6 Å². The first-order chi connectivity index (χ1) is 16.7. The molecule has 2 aromatic heterocycles. The number of unbranched alkanes of at least 4 members (excludes halogenated alkanes) is 1. The molecule has 2 heterocycles. The molecule has 12 heteroatoms. The van der Waals surface area contributed by atoms with Gasteiger partial charge < -0.3 is 29.8 Å². The SMILES string of the molecule is CCCCc1nc2ccccc2n1C(C)C(=O)N(CC(=O)O)Cc1cnc(C)[nH]1.O=CO.O=CO. The molecule has 0 saturated heterocycles. The Bertz CT molecular complexity index is 1100. The van der Waals surface area contributed by atoms with Gasteiger partial charge in [-0.1, -0.05) is 25.5 Å². The van der Waals surface area contributed by atoms with E-state index in [-0.39, 0.29) is 31.9 Å². The van der Waals surface area contributed by atoms with E-state index in [1.165, 1.54) is 4.90 Å². The number of hydrogen-bond acceptors (Lipinski definition) is 6. The monoisotopic (exact) mass is 489 g/mol. The summed E-state index contributed by atoms with van der Waals surface area (Å²) in [5, 5.41) is 23.1. The lowest BCUT2D eigenvalue weighted by atomic mass is 10.2. The first-order valence-electron chi connectivity index (χ1n) is 10.9. The minimum absolute atomic E-state index is 0.160. The number of carbonyl (C=O) groups excluding carboxylic acids is 1. The number of aromatic nitrogens is 4. The van der Waals surface area contributed by atoms with E-state index in [2.05, 4.69) is 16.9 Å². The number of aliphatic carboxylic acids is 1. The summed E-state index contributed by atoms with van der Waals surface area (Å²) in [6, 6.07) is 7.15. The van der Waals surface area contributed by atoms with Gasteiger partial charge in [0.05, 0.1) is 29.5 Å². The van der Waals surface area contributed by atoms with Crippen LogP contribution in [-0.2, 0) is 32.1 Å². The number of para-hydroxylation sites is 2. The van der Waals surface area contributed by atoms with Crippen LogP contribution in [0.15, 0.2) is 30.5 Å². The average Bonchev–Trinajstić information content (AvgIpc) is 3.39. The molecule has 1 unspecified atom stereocenters. The number of imidazole rings is 2. The van der Waals surface area contributed by atoms with Crippen molar-refractivity contribution in [3.63, 3.8) is 0 Å². The number of carboxylic acids is 1. The third-order valence-electron chi connectivity index (χ3n) is 4.92. The van der Waals surface area contributed by atoms with Crippen LogP contribution in [0.25, 0.3) is 11.0 Å². The first kappa shape index (κ1) is 28.8. The van der Waals surface area contributed by atoms with Crippen LogP contribution in [0.1, 0.15) is 50.1 Å². The zero-order chi connectivity index (χ0) is 26.4. The van der Waals surface area contributed by atoms with E-state index in [9.17, 15) is 14.7 Å². The van der Waals surface area contributed by atoms with Gasteiger partial charge in [-0.05, 0) is 32.4 Å². The van der Waals surface area contributed by atoms with E-state index in [4.69, 9.17) is 24.8 Å². The van der Waals surface area contributed by atoms with Gasteiger partial charge in [0.15, 0.2) is 0 Å². The largest absolute Gasteiger partial charge is 0.483 e. The topological polar surface area (TPSA) is 179 Å². The molecular formula is C23H31N5O7. The number of carbonyl (C=O) groups is 4. The van der Waals surface area contributed by atoms with Gasteiger partial charge in [0, 0.05) is 6.42 Å². The number of amides is 1. The number of aryl methyl sites for hydroxylation is 2. The van der Waals surface area contributed by atoms with Gasteiger partial charge in [-0.2, -0.15) is 0 Å². The molecular weight excluding hydrogens is 458 g/mol. The number of benzene rings is 1. The summed E-state index contributed by atoms with van der Waals surface area (Å²) in [6.45, 7) is 5.01. The molecule has 0 aliphatic heterocycles. The standard InChI is InChI=1S/C21H27N5O3.2CH2O2/c1-4-5-10-19-24-17-8-6-7-9-18(17)26(19)14(2)21(29)25(13-20(27)28)12-16-11-22-15(3)23-16;2*2-1-3/h6-9,11,14H,4-5,10,12-13H2,1-3H3,(H,22,23)(H,27,28);2*1H,(H,2,3). The van der Waals surface area contributed by atoms with Crippen molar-refractivity contribution < 1.29 is 34.5 Å². The molecule has 1 aromatic carbocycles. The summed E-state index contributed by atoms with van der Waals surface area (Å²) in [5.41, 5.74) is 2.42. The molecule has 0 spiro atoms. The van der Waals surface area contributed by atoms with Gasteiger partial charge in [-0.25, -0.2) is 9.97 Å². The number of carboxylic acid groups (broad SMARTS) is 3. The second kappa shape index (κ2) is 14.8. The number of nitrogens with one attached hydrogen (secondary N) is 1. The number of nitrogens with zero attached hydrogens (tertiary/aromatic N) is 4. The molecule has 1 atom stereocenters. The van der Waals surface area contributed by atoms with Crippen LogP contribution in [0, 0.1) is 6.92 Å². The summed E-state index contributed by atoms with van der Waals surface area (Å²) < 4.78 is 1.94. The summed E-state index contributed by atoms with van der Waals surface area (Å²) in [4.78, 5) is 54.7. The van der Waals surface area contributed by atoms with Crippen molar-refractivity contribution in [1.29, 1.82) is 0 Å². The van der Waals surface area contributed by atoms with E-state index in [0.717, 1.165) is 41.9 Å². The van der Waals surface area contributed by atoms with Crippen LogP contribution in [0.3, 0.4) is 0 Å². The van der Waals surface area contributed by atoms with Gasteiger partial charge >= 0.3 is 5.97 Å². The van der Waals surface area contributed by atoms with Crippen molar-refractivity contribution in [2.24, 2.45) is 0 Å². The van der Waals surface area contributed by atoms with Crippen LogP contribution in [0.2, 0.25) is 0 Å². The average molecular weight is 490 g/mol. The zero-order valence-corrected chi connectivity index (χ0v) is 19.9. The highest BCUT2D eigenvalue weighted by Crippen LogP contribution is 2.24. The Hall–Kier alpha value is -4.22. The summed E-state index contributed by atoms with van der Waals surface area (Å²) >= 11 is 0. The summed E-state index contributed by atoms with van der Waals surface area (Å²) in [5.74, 6) is 0.254. The van der Waals surface area contributed by atoms with Crippen molar-refractivity contribution in [1.82, 2.24) is 24.4 Å². The Morgan fingerprint density at radius 3 is 2.37 bits per heavy atom. The van der Waals surface area contributed by atoms with E-state index >= 15 is 0 Å². The first-order valence-corrected chi connectivity index (χ1v) is 10.9. The van der Waals surface area contributed by atoms with Crippen LogP contribution in [-0.4, -0.2) is 71.1 Å². The zero-order valence-electron chi connectivity index (χ0n) is 19.9. The number of hydrogen-bond donors (Lipinski definition) is 4. The van der Waals surface area contributed by atoms with E-state index < -0.39 is 12.0 Å². The molecule has 0 fully saturated rings. The van der Waals surface area contributed by atoms with Crippen molar-refractivity contribution in [2.75, 3.05) is 6.54 Å². The van der Waals surface area contributed by atoms with Gasteiger partial charge in [0.2, 0.25) is 5.91 Å². The van der Waals surface area contributed by atoms with Gasteiger partial charge in [-0.15, -0.1) is 0 Å². The van der Waals surface area contributed by atoms with Gasteiger partial charge in [-0.3, -0.25) is 19.2 Å². The van der Waals surface area contributed by atoms with Crippen LogP contribution in [0.4, 0.5) is 0 Å². The maximum absolute atomic E-state index is 13.3. The highest BCUT2D eigenvalue weighted by atomic mass is 16.4. The van der Waals surface area contributed by atoms with Crippen LogP contribution >= 0.6 is 0 Å². The molecule has 0 radical (unpaired) electrons. The molecule has 3 aromatic rings. The smallest absolute Gasteiger partial charge is 0.323 e. The fraction of sp³-hybridized carbons (Fsp3) is 0.391. The highest BCUT2D eigenvalue weighted by molar-refractivity contribution is 5.86. The fourth-order valence-corrected chi connectivity index (χ4v) is 3.55. The Morgan fingerprint density at radius 2 is 1.83 bits per heavy atom. The molecule has 3 rings (SSSR count). The molecule has 1 amide bonds. The van der Waals surface area contributed by atoms with E-state index in [1.807, 2.05) is 35.8 Å². The molecule has 190 valence electrons. The maximum atomic E-state index is 13.3. The minimum atomic E-state index is -1.05. The second-order valence-corrected chi connectivity index (χ2v) is 7.46. The summed E-state index contributed by atoms with van der Waals surface area (Å²) in [7, 11) is 0. The molecule has 0 saturated carbocycles. The lowest BCUT2D eigenvalue weighted by Gasteiger charge is -2.25. The molecule has 0 bridgehead atoms. The molecule has 35 heavy (non-hydrogen) atoms. The fourth-order valence-electron chi connectivity index (χ4n) is 3.55. The predicted molar refractivity (Wildman–Crippen MR) is 127 cm³/mol. The maximum Gasteiger partial charge on any atom is 0.323 e. The Morgan fingerprint density at radius 1 is 1.20 bits per heavy atom. The van der Waals surface area contributed by atoms with E-state index in [1.54, 1.807) is 13.1 Å². The lowest BCUT2D eigenvalue weighted by Crippen LogP contribution is -2.39. The predicted octanol–water partition coefficient (Wildman–Crippen LogP) is 2.49. The van der Waals surface area contributed by atoms with Crippen molar-refractivity contribution in [3.05, 3.63) is 47.8 Å². The molecule has 0 aliphatic rings. The van der Waals surface area contributed by atoms with Crippen LogP contribution < -0.4 is 0 Å². The van der Waals surface area contributed by atoms with Crippen molar-refractivity contribution in [3.8, 4) is 0 Å². The third kappa shape index (κ3) is 8.57. The molecule has 12 nitrogen and oxygen atoms in total. The number of fused-ring (bicyclic) bond motifs is 1. The molecule has 0 aliphatic carbocycles. The van der Waals surface area contributed by atoms with Gasteiger partial charge in [0.1, 0.15) is 24.2 Å². The Balaban J connectivity index is 0.000000926. The van der Waals surface area contributed by atoms with Crippen molar-refractivity contribution >= 4 is 35.9 Å². The van der Waals surface area contributed by atoms with Crippen LogP contribution in [0.5, 0.6) is 0 Å². The van der Waals surface area contributed by atoms with E-state index in [0.29, 0.717) is 5.69 Å². The Labute approximate surface area is 202 Å². The minimum Gasteiger partial charge on any atom is -0.483 e. The molecule has 4 N–H and O–H groups in total. The number of aromatic amines is 1. The lowest BCUT2D eigenvalue weighted by molar-refractivity contribution is -0.146. The highest BCUT2D eigenvalue weighted by Gasteiger charge is 2.27. The quantitative estimate of drug-likeness (QED) is 0.328. The number of H-pyrrole nitrogens is 1. The normalized spacial score (nSPS) is 10.8. The van der Waals surface area contributed by atoms with Gasteiger partial charge in [0.25, 0.3) is 12.9 Å². The second-order valence-electron chi connectivity index (χ2n) is 7.46. The third-order valence-corrected chi connectivity index (χ3v) is 4.92.